The molecular formula is C27H31N3. The Bertz CT molecular complexity index is 1130. The maximum Gasteiger partial charge on any atom is 0.0865 e. The monoisotopic (exact) mass is 397 g/mol. The van der Waals surface area contributed by atoms with E-state index < -0.39 is 0 Å². The van der Waals surface area contributed by atoms with E-state index in [1.54, 1.807) is 0 Å². The molecule has 2 aliphatic rings. The lowest BCUT2D eigenvalue weighted by atomic mass is 9.72. The summed E-state index contributed by atoms with van der Waals surface area (Å²) in [7, 11) is 0. The Hall–Kier alpha value is -2.65. The van der Waals surface area contributed by atoms with Gasteiger partial charge in [0.05, 0.1) is 22.6 Å². The molecule has 1 fully saturated rings. The fourth-order valence-corrected chi connectivity index (χ4v) is 5.01. The topological polar surface area (TPSA) is 43.8 Å². The number of aryl methyl sites for hydroxylation is 3. The Labute approximate surface area is 179 Å². The molecule has 3 heteroatoms. The van der Waals surface area contributed by atoms with Crippen LogP contribution in [0.15, 0.2) is 42.5 Å². The highest BCUT2D eigenvalue weighted by Crippen LogP contribution is 2.45. The number of benzene rings is 2. The number of fused-ring (bicyclic) bond motifs is 1. The van der Waals surface area contributed by atoms with Crippen LogP contribution in [0.5, 0.6) is 0 Å². The molecule has 1 saturated carbocycles. The van der Waals surface area contributed by atoms with Crippen LogP contribution in [0, 0.1) is 20.8 Å². The first kappa shape index (κ1) is 19.3. The maximum atomic E-state index is 6.82. The van der Waals surface area contributed by atoms with Crippen LogP contribution < -0.4 is 5.73 Å². The van der Waals surface area contributed by atoms with Crippen molar-refractivity contribution in [2.24, 2.45) is 5.73 Å². The zero-order valence-electron chi connectivity index (χ0n) is 18.3. The predicted octanol–water partition coefficient (Wildman–Crippen LogP) is 6.01. The summed E-state index contributed by atoms with van der Waals surface area (Å²) >= 11 is 0. The molecule has 3 nitrogen and oxygen atoms in total. The van der Waals surface area contributed by atoms with Crippen molar-refractivity contribution in [2.45, 2.75) is 64.8 Å². The summed E-state index contributed by atoms with van der Waals surface area (Å²) in [5.41, 5.74) is 18.0. The van der Waals surface area contributed by atoms with Gasteiger partial charge in [-0.15, -0.1) is 0 Å². The first-order valence-electron chi connectivity index (χ1n) is 11.2. The molecule has 3 aromatic rings. The number of hydrogen-bond donors (Lipinski definition) is 1. The summed E-state index contributed by atoms with van der Waals surface area (Å²) in [6.07, 6.45) is 8.95. The van der Waals surface area contributed by atoms with Crippen molar-refractivity contribution in [3.05, 3.63) is 81.7 Å². The molecule has 2 aromatic carbocycles. The van der Waals surface area contributed by atoms with Gasteiger partial charge < -0.3 is 5.73 Å². The second-order valence-electron chi connectivity index (χ2n) is 9.32. The van der Waals surface area contributed by atoms with Crippen molar-refractivity contribution in [1.82, 2.24) is 9.78 Å². The zero-order chi connectivity index (χ0) is 20.9. The minimum absolute atomic E-state index is 0.250. The smallest absolute Gasteiger partial charge is 0.0865 e. The third kappa shape index (κ3) is 3.22. The van der Waals surface area contributed by atoms with Crippen LogP contribution in [0.4, 0.5) is 0 Å². The van der Waals surface area contributed by atoms with Gasteiger partial charge in [0.15, 0.2) is 0 Å². The zero-order valence-corrected chi connectivity index (χ0v) is 18.3. The maximum absolute atomic E-state index is 6.82. The van der Waals surface area contributed by atoms with E-state index in [1.165, 1.54) is 51.2 Å². The summed E-state index contributed by atoms with van der Waals surface area (Å²) in [5.74, 6) is 0. The van der Waals surface area contributed by atoms with Gasteiger partial charge in [-0.3, -0.25) is 0 Å². The van der Waals surface area contributed by atoms with E-state index in [-0.39, 0.29) is 5.54 Å². The highest BCUT2D eigenvalue weighted by molar-refractivity contribution is 5.83. The fourth-order valence-electron chi connectivity index (χ4n) is 5.01. The molecule has 2 N–H and O–H groups in total. The van der Waals surface area contributed by atoms with Crippen molar-refractivity contribution in [1.29, 1.82) is 0 Å². The van der Waals surface area contributed by atoms with Gasteiger partial charge in [0.25, 0.3) is 0 Å². The van der Waals surface area contributed by atoms with Crippen molar-refractivity contribution in [2.75, 3.05) is 0 Å². The minimum Gasteiger partial charge on any atom is -0.320 e. The van der Waals surface area contributed by atoms with E-state index in [4.69, 9.17) is 10.8 Å². The number of hydrogen-bond acceptors (Lipinski definition) is 2. The standard InChI is InChI=1S/C27H31N3/c1-18-8-11-21(12-9-18)17-22-6-4-7-23-25(22)30(24-13-10-19(2)16-20(24)3)29-26(23)27(28)14-5-15-27/h8-13,16-17H,4-7,14-15,28H2,1-3H3/b22-17+. The van der Waals surface area contributed by atoms with Crippen molar-refractivity contribution >= 4 is 11.6 Å². The van der Waals surface area contributed by atoms with Crippen LogP contribution in [0.1, 0.15) is 71.3 Å². The summed E-state index contributed by atoms with van der Waals surface area (Å²) in [6, 6.07) is 15.4. The molecule has 0 saturated heterocycles. The van der Waals surface area contributed by atoms with Crippen LogP contribution in [0.3, 0.4) is 0 Å². The van der Waals surface area contributed by atoms with Crippen molar-refractivity contribution in [3.8, 4) is 5.69 Å². The molecule has 0 atom stereocenters. The molecule has 0 aliphatic heterocycles. The van der Waals surface area contributed by atoms with Crippen LogP contribution in [-0.2, 0) is 12.0 Å². The minimum atomic E-state index is -0.250. The SMILES string of the molecule is Cc1ccc(/C=C2\CCCc3c(C4(N)CCC4)nn(-c4ccc(C)cc4C)c32)cc1. The molecular weight excluding hydrogens is 366 g/mol. The molecule has 5 rings (SSSR count). The Morgan fingerprint density at radius 1 is 0.933 bits per heavy atom. The van der Waals surface area contributed by atoms with E-state index in [0.717, 1.165) is 37.8 Å². The molecule has 0 bridgehead atoms. The average Bonchev–Trinajstić information content (AvgIpc) is 3.09. The Morgan fingerprint density at radius 3 is 2.33 bits per heavy atom. The van der Waals surface area contributed by atoms with E-state index in [9.17, 15) is 0 Å². The summed E-state index contributed by atoms with van der Waals surface area (Å²) < 4.78 is 2.20. The van der Waals surface area contributed by atoms with E-state index in [2.05, 4.69) is 74.0 Å². The van der Waals surface area contributed by atoms with Crippen LogP contribution in [0.2, 0.25) is 0 Å². The molecule has 1 heterocycles. The predicted molar refractivity (Wildman–Crippen MR) is 125 cm³/mol. The first-order valence-corrected chi connectivity index (χ1v) is 11.2. The lowest BCUT2D eigenvalue weighted by Gasteiger charge is -2.37. The lowest BCUT2D eigenvalue weighted by molar-refractivity contribution is 0.243. The van der Waals surface area contributed by atoms with Crippen molar-refractivity contribution < 1.29 is 0 Å². The number of aromatic nitrogens is 2. The highest BCUT2D eigenvalue weighted by Gasteiger charge is 2.41. The van der Waals surface area contributed by atoms with E-state index in [0.29, 0.717) is 0 Å². The van der Waals surface area contributed by atoms with Gasteiger partial charge in [0.1, 0.15) is 0 Å². The van der Waals surface area contributed by atoms with Gasteiger partial charge in [0.2, 0.25) is 0 Å². The van der Waals surface area contributed by atoms with E-state index >= 15 is 0 Å². The number of nitrogens with zero attached hydrogens (tertiary/aromatic N) is 2. The quantitative estimate of drug-likeness (QED) is 0.588. The first-order chi connectivity index (χ1) is 14.4. The fraction of sp³-hybridized carbons (Fsp3) is 0.370. The van der Waals surface area contributed by atoms with Gasteiger partial charge in [-0.25, -0.2) is 4.68 Å². The summed E-state index contributed by atoms with van der Waals surface area (Å²) in [4.78, 5) is 0. The molecule has 154 valence electrons. The molecule has 2 aliphatic carbocycles. The molecule has 30 heavy (non-hydrogen) atoms. The Morgan fingerprint density at radius 2 is 1.67 bits per heavy atom. The second kappa shape index (κ2) is 7.24. The largest absolute Gasteiger partial charge is 0.320 e. The van der Waals surface area contributed by atoms with Gasteiger partial charge >= 0.3 is 0 Å². The van der Waals surface area contributed by atoms with Gasteiger partial charge in [0, 0.05) is 5.56 Å². The number of allylic oxidation sites excluding steroid dienone is 1. The second-order valence-corrected chi connectivity index (χ2v) is 9.32. The summed E-state index contributed by atoms with van der Waals surface area (Å²) in [6.45, 7) is 6.47. The molecule has 0 amide bonds. The molecule has 0 spiro atoms. The Balaban J connectivity index is 1.72. The Kier molecular flexibility index (Phi) is 4.67. The average molecular weight is 398 g/mol. The van der Waals surface area contributed by atoms with Crippen LogP contribution in [-0.4, -0.2) is 9.78 Å². The number of nitrogens with two attached hydrogens (primary N) is 1. The van der Waals surface area contributed by atoms with Gasteiger partial charge in [-0.1, -0.05) is 47.5 Å². The number of rotatable bonds is 3. The normalized spacial score (nSPS) is 18.9. The van der Waals surface area contributed by atoms with E-state index in [1.807, 2.05) is 0 Å². The summed E-state index contributed by atoms with van der Waals surface area (Å²) in [5, 5.41) is 5.20. The molecule has 0 unspecified atom stereocenters. The van der Waals surface area contributed by atoms with Crippen LogP contribution >= 0.6 is 0 Å². The molecule has 0 radical (unpaired) electrons. The van der Waals surface area contributed by atoms with Gasteiger partial charge in [-0.05, 0) is 88.1 Å². The van der Waals surface area contributed by atoms with Crippen LogP contribution in [0.25, 0.3) is 17.3 Å². The van der Waals surface area contributed by atoms with Gasteiger partial charge in [-0.2, -0.15) is 5.10 Å². The third-order valence-electron chi connectivity index (χ3n) is 6.88. The lowest BCUT2D eigenvalue weighted by Crippen LogP contribution is -2.44. The molecule has 1 aromatic heterocycles. The van der Waals surface area contributed by atoms with Crippen molar-refractivity contribution in [3.63, 3.8) is 0 Å². The highest BCUT2D eigenvalue weighted by atomic mass is 15.3. The third-order valence-corrected chi connectivity index (χ3v) is 6.88.